The molecule has 0 aliphatic carbocycles. The van der Waals surface area contributed by atoms with Crippen molar-refractivity contribution < 1.29 is 8.42 Å². The van der Waals surface area contributed by atoms with Crippen LogP contribution in [0.5, 0.6) is 0 Å². The van der Waals surface area contributed by atoms with Gasteiger partial charge in [-0.25, -0.2) is 13.2 Å². The van der Waals surface area contributed by atoms with Gasteiger partial charge in [-0.05, 0) is 38.8 Å². The number of hydrogen-bond acceptors (Lipinski definition) is 8. The lowest BCUT2D eigenvalue weighted by Crippen LogP contribution is -2.44. The Balaban J connectivity index is 1.72. The normalized spacial score (nSPS) is 16.2. The van der Waals surface area contributed by atoms with Gasteiger partial charge in [0.15, 0.2) is 21.0 Å². The van der Waals surface area contributed by atoms with Gasteiger partial charge in [0.05, 0.1) is 17.1 Å². The minimum atomic E-state index is -3.49. The van der Waals surface area contributed by atoms with Gasteiger partial charge >= 0.3 is 5.69 Å². The molecular formula is C27H33N7O4S. The number of hydrogen-bond donors (Lipinski definition) is 1. The van der Waals surface area contributed by atoms with Crippen molar-refractivity contribution in [2.45, 2.75) is 50.7 Å². The maximum atomic E-state index is 14.0. The van der Waals surface area contributed by atoms with E-state index in [1.165, 1.54) is 16.8 Å². The number of imidazole rings is 1. The monoisotopic (exact) mass is 551 g/mol. The molecule has 2 N–H and O–H groups in total. The maximum Gasteiger partial charge on any atom is 0.332 e. The average molecular weight is 552 g/mol. The first-order chi connectivity index (χ1) is 18.5. The SMILES string of the molecule is CC(C)=CCn1c(N2CCCC(N)C2)nc2c1c(=O)n(Cc1nccc3c(S(C)(=O)=O)cccc13)c(=O)n2C. The van der Waals surface area contributed by atoms with Gasteiger partial charge in [0.2, 0.25) is 5.95 Å². The second-order valence-electron chi connectivity index (χ2n) is 10.4. The van der Waals surface area contributed by atoms with Gasteiger partial charge in [-0.15, -0.1) is 0 Å². The van der Waals surface area contributed by atoms with Crippen LogP contribution in [0.15, 0.2) is 56.6 Å². The zero-order valence-corrected chi connectivity index (χ0v) is 23.4. The highest BCUT2D eigenvalue weighted by atomic mass is 32.2. The molecule has 39 heavy (non-hydrogen) atoms. The maximum absolute atomic E-state index is 14.0. The minimum absolute atomic E-state index is 0.00482. The summed E-state index contributed by atoms with van der Waals surface area (Å²) in [5.74, 6) is 0.614. The van der Waals surface area contributed by atoms with Crippen LogP contribution in [-0.4, -0.2) is 57.5 Å². The van der Waals surface area contributed by atoms with Crippen LogP contribution in [0.3, 0.4) is 0 Å². The van der Waals surface area contributed by atoms with Crippen LogP contribution in [0.1, 0.15) is 32.4 Å². The van der Waals surface area contributed by atoms with Crippen LogP contribution >= 0.6 is 0 Å². The van der Waals surface area contributed by atoms with Crippen molar-refractivity contribution in [1.82, 2.24) is 23.7 Å². The molecular weight excluding hydrogens is 518 g/mol. The molecule has 206 valence electrons. The van der Waals surface area contributed by atoms with Crippen LogP contribution in [0, 0.1) is 0 Å². The van der Waals surface area contributed by atoms with Crippen molar-refractivity contribution >= 4 is 37.7 Å². The van der Waals surface area contributed by atoms with Gasteiger partial charge in [0.1, 0.15) is 0 Å². The molecule has 1 saturated heterocycles. The molecule has 3 aromatic heterocycles. The Morgan fingerprint density at radius 2 is 1.92 bits per heavy atom. The van der Waals surface area contributed by atoms with E-state index in [0.29, 0.717) is 46.7 Å². The van der Waals surface area contributed by atoms with Crippen LogP contribution in [0.25, 0.3) is 21.9 Å². The summed E-state index contributed by atoms with van der Waals surface area (Å²) in [6.45, 7) is 5.64. The van der Waals surface area contributed by atoms with E-state index in [1.54, 1.807) is 25.2 Å². The number of nitrogens with two attached hydrogens (primary N) is 1. The third-order valence-corrected chi connectivity index (χ3v) is 8.35. The number of aryl methyl sites for hydroxylation is 1. The lowest BCUT2D eigenvalue weighted by atomic mass is 10.1. The smallest absolute Gasteiger partial charge is 0.332 e. The molecule has 0 radical (unpaired) electrons. The van der Waals surface area contributed by atoms with Gasteiger partial charge in [0, 0.05) is 55.9 Å². The van der Waals surface area contributed by atoms with E-state index in [0.717, 1.165) is 35.8 Å². The highest BCUT2D eigenvalue weighted by Crippen LogP contribution is 2.26. The molecule has 4 aromatic rings. The summed E-state index contributed by atoms with van der Waals surface area (Å²) >= 11 is 0. The van der Waals surface area contributed by atoms with E-state index in [4.69, 9.17) is 10.7 Å². The predicted molar refractivity (Wildman–Crippen MR) is 152 cm³/mol. The summed E-state index contributed by atoms with van der Waals surface area (Å²) in [5.41, 5.74) is 7.38. The zero-order valence-electron chi connectivity index (χ0n) is 22.6. The van der Waals surface area contributed by atoms with E-state index in [1.807, 2.05) is 24.5 Å². The third kappa shape index (κ3) is 4.89. The van der Waals surface area contributed by atoms with Crippen LogP contribution in [0.2, 0.25) is 0 Å². The fraction of sp³-hybridized carbons (Fsp3) is 0.407. The largest absolute Gasteiger partial charge is 0.341 e. The fourth-order valence-corrected chi connectivity index (χ4v) is 6.12. The van der Waals surface area contributed by atoms with E-state index < -0.39 is 21.1 Å². The third-order valence-electron chi connectivity index (χ3n) is 7.19. The number of rotatable bonds is 6. The summed E-state index contributed by atoms with van der Waals surface area (Å²) < 4.78 is 29.1. The topological polar surface area (TPSA) is 138 Å². The van der Waals surface area contributed by atoms with Crippen molar-refractivity contribution in [3.05, 3.63) is 68.6 Å². The molecule has 5 rings (SSSR count). The number of allylic oxidation sites excluding steroid dienone is 2. The number of pyridine rings is 1. The van der Waals surface area contributed by atoms with Gasteiger partial charge in [0.25, 0.3) is 5.56 Å². The molecule has 4 heterocycles. The molecule has 1 unspecified atom stereocenters. The van der Waals surface area contributed by atoms with Crippen LogP contribution in [0.4, 0.5) is 5.95 Å². The molecule has 0 amide bonds. The Bertz CT molecular complexity index is 1850. The number of piperidine rings is 1. The molecule has 11 nitrogen and oxygen atoms in total. The number of nitrogens with zero attached hydrogens (tertiary/aromatic N) is 6. The summed E-state index contributed by atoms with van der Waals surface area (Å²) in [6, 6.07) is 6.55. The summed E-state index contributed by atoms with van der Waals surface area (Å²) in [6.07, 6.45) is 6.50. The van der Waals surface area contributed by atoms with Gasteiger partial charge in [-0.2, -0.15) is 4.98 Å². The van der Waals surface area contributed by atoms with E-state index in [9.17, 15) is 18.0 Å². The molecule has 0 saturated carbocycles. The molecule has 1 aliphatic heterocycles. The first-order valence-corrected chi connectivity index (χ1v) is 14.8. The lowest BCUT2D eigenvalue weighted by Gasteiger charge is -2.31. The summed E-state index contributed by atoms with van der Waals surface area (Å²) in [5, 5.41) is 1.06. The second-order valence-corrected chi connectivity index (χ2v) is 12.4. The molecule has 1 aliphatic rings. The van der Waals surface area contributed by atoms with Crippen molar-refractivity contribution in [3.8, 4) is 0 Å². The summed E-state index contributed by atoms with van der Waals surface area (Å²) in [7, 11) is -1.89. The second kappa shape index (κ2) is 10.1. The van der Waals surface area contributed by atoms with Gasteiger partial charge in [-0.3, -0.25) is 18.9 Å². The van der Waals surface area contributed by atoms with E-state index >= 15 is 0 Å². The molecule has 1 atom stereocenters. The number of anilines is 1. The Morgan fingerprint density at radius 3 is 2.62 bits per heavy atom. The minimum Gasteiger partial charge on any atom is -0.341 e. The molecule has 0 bridgehead atoms. The Labute approximate surface area is 226 Å². The van der Waals surface area contributed by atoms with E-state index in [-0.39, 0.29) is 17.5 Å². The van der Waals surface area contributed by atoms with Crippen molar-refractivity contribution in [3.63, 3.8) is 0 Å². The lowest BCUT2D eigenvalue weighted by molar-refractivity contribution is 0.495. The highest BCUT2D eigenvalue weighted by Gasteiger charge is 2.26. The van der Waals surface area contributed by atoms with Crippen molar-refractivity contribution in [1.29, 1.82) is 0 Å². The Morgan fingerprint density at radius 1 is 1.15 bits per heavy atom. The van der Waals surface area contributed by atoms with Crippen LogP contribution < -0.4 is 21.9 Å². The first-order valence-electron chi connectivity index (χ1n) is 12.9. The molecule has 0 spiro atoms. The standard InChI is InChI=1S/C27H33N7O4S/c1-17(2)11-14-33-23-24(30-26(33)32-13-6-7-18(28)15-32)31(3)27(36)34(25(23)35)16-21-19-8-5-9-22(39(4,37)38)20(19)10-12-29-21/h5,8-12,18H,6-7,13-16,28H2,1-4H3. The number of sulfone groups is 1. The van der Waals surface area contributed by atoms with Gasteiger partial charge in [-0.1, -0.05) is 23.8 Å². The quantitative estimate of drug-likeness (QED) is 0.358. The van der Waals surface area contributed by atoms with Crippen molar-refractivity contribution in [2.75, 3.05) is 24.2 Å². The van der Waals surface area contributed by atoms with Gasteiger partial charge < -0.3 is 15.2 Å². The number of benzene rings is 1. The molecule has 12 heteroatoms. The average Bonchev–Trinajstić information content (AvgIpc) is 3.27. The zero-order chi connectivity index (χ0) is 28.1. The number of fused-ring (bicyclic) bond motifs is 2. The summed E-state index contributed by atoms with van der Waals surface area (Å²) in [4.78, 5) is 38.9. The first kappa shape index (κ1) is 26.8. The molecule has 1 aromatic carbocycles. The predicted octanol–water partition coefficient (Wildman–Crippen LogP) is 1.79. The Kier molecular flexibility index (Phi) is 6.93. The van der Waals surface area contributed by atoms with Crippen molar-refractivity contribution in [2.24, 2.45) is 12.8 Å². The molecule has 1 fully saturated rings. The van der Waals surface area contributed by atoms with E-state index in [2.05, 4.69) is 9.88 Å². The van der Waals surface area contributed by atoms with Crippen LogP contribution in [-0.2, 0) is 30.0 Å². The fourth-order valence-electron chi connectivity index (χ4n) is 5.22. The highest BCUT2D eigenvalue weighted by molar-refractivity contribution is 7.91. The number of aromatic nitrogens is 5. The Hall–Kier alpha value is -3.77.